The molecule has 0 saturated heterocycles. The van der Waals surface area contributed by atoms with Crippen molar-refractivity contribution in [1.29, 1.82) is 0 Å². The molecule has 1 amide bonds. The first-order valence-corrected chi connectivity index (χ1v) is 8.64. The van der Waals surface area contributed by atoms with Crippen molar-refractivity contribution >= 4 is 52.6 Å². The minimum absolute atomic E-state index is 0.00529. The Morgan fingerprint density at radius 1 is 1.19 bits per heavy atom. The molecule has 3 N–H and O–H groups in total. The Kier molecular flexibility index (Phi) is 6.34. The number of hydrazone groups is 1. The number of carbonyl (C=O) groups excluding carboxylic acids is 1. The lowest BCUT2D eigenvalue weighted by Crippen LogP contribution is -2.22. The van der Waals surface area contributed by atoms with Gasteiger partial charge in [-0.15, -0.1) is 0 Å². The number of nitrogen functional groups attached to an aromatic ring is 1. The SMILES string of the molecule is CC(C)(C)Oc1ccc(/C=N/NC(=O)c2nc(Cl)c(Cl)c(N)c2Cl)cc1. The third-order valence-corrected chi connectivity index (χ3v) is 4.11. The molecular weight excluding hydrogens is 399 g/mol. The number of aromatic nitrogens is 1. The maximum atomic E-state index is 12.1. The fraction of sp³-hybridized carbons (Fsp3) is 0.235. The number of carbonyl (C=O) groups is 1. The molecule has 0 atom stereocenters. The summed E-state index contributed by atoms with van der Waals surface area (Å²) in [6.45, 7) is 5.90. The first-order chi connectivity index (χ1) is 12.1. The van der Waals surface area contributed by atoms with Gasteiger partial charge in [0.15, 0.2) is 10.8 Å². The average Bonchev–Trinajstić information content (AvgIpc) is 2.56. The Balaban J connectivity index is 2.06. The van der Waals surface area contributed by atoms with Crippen molar-refractivity contribution in [2.75, 3.05) is 5.73 Å². The van der Waals surface area contributed by atoms with Gasteiger partial charge < -0.3 is 10.5 Å². The molecule has 26 heavy (non-hydrogen) atoms. The fourth-order valence-corrected chi connectivity index (χ4v) is 2.47. The summed E-state index contributed by atoms with van der Waals surface area (Å²) in [6, 6.07) is 7.23. The molecule has 1 aromatic carbocycles. The molecule has 9 heteroatoms. The van der Waals surface area contributed by atoms with E-state index in [0.29, 0.717) is 0 Å². The number of rotatable bonds is 4. The van der Waals surface area contributed by atoms with Crippen LogP contribution < -0.4 is 15.9 Å². The molecule has 2 aromatic rings. The normalized spacial score (nSPS) is 11.6. The molecule has 0 aliphatic rings. The van der Waals surface area contributed by atoms with Gasteiger partial charge in [0.2, 0.25) is 0 Å². The fourth-order valence-electron chi connectivity index (χ4n) is 1.88. The number of nitrogens with one attached hydrogen (secondary N) is 1. The van der Waals surface area contributed by atoms with Crippen LogP contribution >= 0.6 is 34.8 Å². The number of amides is 1. The zero-order valence-corrected chi connectivity index (χ0v) is 16.6. The molecule has 0 saturated carbocycles. The molecule has 0 bridgehead atoms. The molecule has 0 aliphatic heterocycles. The van der Waals surface area contributed by atoms with Crippen LogP contribution in [0.25, 0.3) is 0 Å². The van der Waals surface area contributed by atoms with Gasteiger partial charge in [-0.1, -0.05) is 34.8 Å². The molecule has 0 aliphatic carbocycles. The topological polar surface area (TPSA) is 89.6 Å². The van der Waals surface area contributed by atoms with Crippen molar-refractivity contribution in [3.05, 3.63) is 50.7 Å². The van der Waals surface area contributed by atoms with Crippen molar-refractivity contribution in [3.8, 4) is 5.75 Å². The van der Waals surface area contributed by atoms with Crippen LogP contribution in [0.1, 0.15) is 36.8 Å². The van der Waals surface area contributed by atoms with E-state index >= 15 is 0 Å². The molecule has 0 fully saturated rings. The largest absolute Gasteiger partial charge is 0.488 e. The first-order valence-electron chi connectivity index (χ1n) is 7.51. The van der Waals surface area contributed by atoms with Gasteiger partial charge in [-0.2, -0.15) is 5.10 Å². The average molecular weight is 416 g/mol. The van der Waals surface area contributed by atoms with Crippen LogP contribution in [0.15, 0.2) is 29.4 Å². The Bertz CT molecular complexity index is 847. The predicted molar refractivity (Wildman–Crippen MR) is 106 cm³/mol. The highest BCUT2D eigenvalue weighted by molar-refractivity contribution is 6.46. The summed E-state index contributed by atoms with van der Waals surface area (Å²) < 4.78 is 5.73. The Morgan fingerprint density at radius 2 is 1.81 bits per heavy atom. The van der Waals surface area contributed by atoms with Gasteiger partial charge in [0.05, 0.1) is 16.9 Å². The number of nitrogens with two attached hydrogens (primary N) is 1. The van der Waals surface area contributed by atoms with Crippen LogP contribution in [0.3, 0.4) is 0 Å². The van der Waals surface area contributed by atoms with Crippen LogP contribution in [0.4, 0.5) is 5.69 Å². The molecule has 1 heterocycles. The van der Waals surface area contributed by atoms with E-state index in [2.05, 4.69) is 15.5 Å². The van der Waals surface area contributed by atoms with Crippen molar-refractivity contribution in [1.82, 2.24) is 10.4 Å². The van der Waals surface area contributed by atoms with E-state index in [-0.39, 0.29) is 32.2 Å². The Morgan fingerprint density at radius 3 is 2.38 bits per heavy atom. The summed E-state index contributed by atoms with van der Waals surface area (Å²) in [6.07, 6.45) is 1.47. The standard InChI is InChI=1S/C17H17Cl3N4O2/c1-17(2,3)26-10-6-4-9(5-7-10)8-22-24-16(25)14-11(18)13(21)12(19)15(20)23-14/h4-8H,1-3H3,(H2,21,23)(H,24,25)/b22-8+. The van der Waals surface area contributed by atoms with Gasteiger partial charge >= 0.3 is 0 Å². The van der Waals surface area contributed by atoms with Gasteiger partial charge in [0.25, 0.3) is 5.91 Å². The Hall–Kier alpha value is -2.02. The second kappa shape index (κ2) is 8.12. The second-order valence-corrected chi connectivity index (χ2v) is 7.39. The van der Waals surface area contributed by atoms with Crippen molar-refractivity contribution in [2.45, 2.75) is 26.4 Å². The number of hydrogen-bond acceptors (Lipinski definition) is 5. The lowest BCUT2D eigenvalue weighted by Gasteiger charge is -2.21. The van der Waals surface area contributed by atoms with E-state index in [1.54, 1.807) is 12.1 Å². The van der Waals surface area contributed by atoms with E-state index in [1.807, 2.05) is 32.9 Å². The first kappa shape index (κ1) is 20.3. The summed E-state index contributed by atoms with van der Waals surface area (Å²) in [7, 11) is 0. The van der Waals surface area contributed by atoms with Crippen LogP contribution in [-0.4, -0.2) is 22.7 Å². The maximum Gasteiger partial charge on any atom is 0.291 e. The predicted octanol–water partition coefficient (Wildman–Crippen LogP) is 4.57. The zero-order chi connectivity index (χ0) is 19.5. The van der Waals surface area contributed by atoms with Gasteiger partial charge in [0, 0.05) is 0 Å². The summed E-state index contributed by atoms with van der Waals surface area (Å²) >= 11 is 17.6. The van der Waals surface area contributed by atoms with E-state index in [9.17, 15) is 4.79 Å². The molecule has 6 nitrogen and oxygen atoms in total. The van der Waals surface area contributed by atoms with Crippen LogP contribution in [0, 0.1) is 0 Å². The van der Waals surface area contributed by atoms with Gasteiger partial charge in [0.1, 0.15) is 16.4 Å². The molecule has 138 valence electrons. The summed E-state index contributed by atoms with van der Waals surface area (Å²) in [4.78, 5) is 16.0. The molecule has 1 aromatic heterocycles. The summed E-state index contributed by atoms with van der Waals surface area (Å²) in [5.41, 5.74) is 8.29. The number of benzene rings is 1. The van der Waals surface area contributed by atoms with E-state index in [4.69, 9.17) is 45.3 Å². The van der Waals surface area contributed by atoms with Crippen LogP contribution in [0.2, 0.25) is 15.2 Å². The van der Waals surface area contributed by atoms with Gasteiger partial charge in [-0.25, -0.2) is 10.4 Å². The van der Waals surface area contributed by atoms with Crippen molar-refractivity contribution in [2.24, 2.45) is 5.10 Å². The zero-order valence-electron chi connectivity index (χ0n) is 14.3. The molecular formula is C17H17Cl3N4O2. The highest BCUT2D eigenvalue weighted by Gasteiger charge is 2.19. The number of nitrogens with zero attached hydrogens (tertiary/aromatic N) is 2. The van der Waals surface area contributed by atoms with Gasteiger partial charge in [-0.3, -0.25) is 4.79 Å². The quantitative estimate of drug-likeness (QED) is 0.435. The van der Waals surface area contributed by atoms with E-state index < -0.39 is 5.91 Å². The minimum atomic E-state index is -0.663. The third-order valence-electron chi connectivity index (χ3n) is 2.97. The van der Waals surface area contributed by atoms with E-state index in [0.717, 1.165) is 11.3 Å². The second-order valence-electron chi connectivity index (χ2n) is 6.28. The minimum Gasteiger partial charge on any atom is -0.488 e. The molecule has 2 rings (SSSR count). The van der Waals surface area contributed by atoms with Gasteiger partial charge in [-0.05, 0) is 50.6 Å². The summed E-state index contributed by atoms with van der Waals surface area (Å²) in [5.74, 6) is 0.0742. The smallest absolute Gasteiger partial charge is 0.291 e. The number of anilines is 1. The Labute approximate surface area is 166 Å². The number of ether oxygens (including phenoxy) is 1. The lowest BCUT2D eigenvalue weighted by atomic mass is 10.2. The molecule has 0 spiro atoms. The maximum absolute atomic E-state index is 12.1. The van der Waals surface area contributed by atoms with Crippen molar-refractivity contribution in [3.63, 3.8) is 0 Å². The lowest BCUT2D eigenvalue weighted by molar-refractivity contribution is 0.0950. The third kappa shape index (κ3) is 5.24. The highest BCUT2D eigenvalue weighted by atomic mass is 35.5. The van der Waals surface area contributed by atoms with Crippen LogP contribution in [0.5, 0.6) is 5.75 Å². The monoisotopic (exact) mass is 414 g/mol. The number of pyridine rings is 1. The summed E-state index contributed by atoms with van der Waals surface area (Å²) in [5, 5.41) is 3.66. The number of halogens is 3. The van der Waals surface area contributed by atoms with Crippen molar-refractivity contribution < 1.29 is 9.53 Å². The molecule has 0 radical (unpaired) electrons. The van der Waals surface area contributed by atoms with E-state index in [1.165, 1.54) is 6.21 Å². The molecule has 0 unspecified atom stereocenters. The van der Waals surface area contributed by atoms with Crippen LogP contribution in [-0.2, 0) is 0 Å². The highest BCUT2D eigenvalue weighted by Crippen LogP contribution is 2.34. The number of hydrogen-bond donors (Lipinski definition) is 2.